The molecule has 2 N–H and O–H groups in total. The molecule has 108 valence electrons. The molecule has 1 fully saturated rings. The molecule has 1 rings (SSSR count). The van der Waals surface area contributed by atoms with E-state index in [2.05, 4.69) is 9.62 Å². The van der Waals surface area contributed by atoms with E-state index in [1.807, 2.05) is 0 Å². The average molecular weight is 279 g/mol. The molecule has 0 radical (unpaired) electrons. The summed E-state index contributed by atoms with van der Waals surface area (Å²) in [4.78, 5) is 2.26. The summed E-state index contributed by atoms with van der Waals surface area (Å²) in [5, 5.41) is 9.26. The van der Waals surface area contributed by atoms with Crippen LogP contribution in [0.2, 0.25) is 0 Å². The summed E-state index contributed by atoms with van der Waals surface area (Å²) in [7, 11) is -0.287. The molecular weight excluding hydrogens is 254 g/mol. The van der Waals surface area contributed by atoms with Crippen LogP contribution in [-0.4, -0.2) is 69.1 Å². The maximum absolute atomic E-state index is 11.5. The highest BCUT2D eigenvalue weighted by Crippen LogP contribution is 2.16. The lowest BCUT2D eigenvalue weighted by Gasteiger charge is -2.34. The van der Waals surface area contributed by atoms with Crippen LogP contribution < -0.4 is 4.72 Å². The van der Waals surface area contributed by atoms with Crippen molar-refractivity contribution < 1.29 is 13.5 Å². The lowest BCUT2D eigenvalue weighted by Crippen LogP contribution is -2.43. The molecule has 7 heteroatoms. The highest BCUT2D eigenvalue weighted by Gasteiger charge is 2.21. The largest absolute Gasteiger partial charge is 0.395 e. The van der Waals surface area contributed by atoms with Crippen molar-refractivity contribution in [1.29, 1.82) is 0 Å². The van der Waals surface area contributed by atoms with E-state index in [9.17, 15) is 13.5 Å². The van der Waals surface area contributed by atoms with E-state index in [4.69, 9.17) is 0 Å². The third-order valence-electron chi connectivity index (χ3n) is 3.35. The van der Waals surface area contributed by atoms with Crippen molar-refractivity contribution in [2.45, 2.75) is 31.7 Å². The van der Waals surface area contributed by atoms with Crippen molar-refractivity contribution >= 4 is 10.2 Å². The topological polar surface area (TPSA) is 72.9 Å². The van der Waals surface area contributed by atoms with Gasteiger partial charge < -0.3 is 5.11 Å². The van der Waals surface area contributed by atoms with Gasteiger partial charge in [0.15, 0.2) is 0 Å². The summed E-state index contributed by atoms with van der Waals surface area (Å²) in [6.07, 6.45) is 4.15. The molecule has 0 aromatic heterocycles. The zero-order valence-electron chi connectivity index (χ0n) is 11.3. The molecule has 1 atom stereocenters. The van der Waals surface area contributed by atoms with Gasteiger partial charge in [-0.1, -0.05) is 6.42 Å². The molecule has 0 amide bonds. The average Bonchev–Trinajstić information content (AvgIpc) is 2.35. The fourth-order valence-corrected chi connectivity index (χ4v) is 2.83. The first-order valence-electron chi connectivity index (χ1n) is 6.49. The van der Waals surface area contributed by atoms with E-state index >= 15 is 0 Å². The third-order valence-corrected chi connectivity index (χ3v) is 4.88. The van der Waals surface area contributed by atoms with Crippen molar-refractivity contribution in [3.63, 3.8) is 0 Å². The number of hydrogen-bond acceptors (Lipinski definition) is 4. The number of rotatable bonds is 7. The molecule has 1 saturated heterocycles. The van der Waals surface area contributed by atoms with Gasteiger partial charge in [-0.25, -0.2) is 4.72 Å². The number of hydrogen-bond donors (Lipinski definition) is 2. The first-order chi connectivity index (χ1) is 8.47. The van der Waals surface area contributed by atoms with Crippen LogP contribution in [0.5, 0.6) is 0 Å². The minimum absolute atomic E-state index is 0.198. The van der Waals surface area contributed by atoms with Gasteiger partial charge in [0.1, 0.15) is 0 Å². The van der Waals surface area contributed by atoms with Gasteiger partial charge in [-0.15, -0.1) is 0 Å². The Kier molecular flexibility index (Phi) is 6.51. The molecule has 1 aliphatic rings. The van der Waals surface area contributed by atoms with E-state index in [0.29, 0.717) is 6.54 Å². The molecule has 1 heterocycles. The van der Waals surface area contributed by atoms with Crippen molar-refractivity contribution in [3.05, 3.63) is 0 Å². The molecule has 6 nitrogen and oxygen atoms in total. The maximum atomic E-state index is 11.5. The van der Waals surface area contributed by atoms with Crippen LogP contribution in [0.25, 0.3) is 0 Å². The van der Waals surface area contributed by atoms with E-state index in [1.165, 1.54) is 31.2 Å². The molecule has 18 heavy (non-hydrogen) atoms. The van der Waals surface area contributed by atoms with Gasteiger partial charge in [-0.2, -0.15) is 12.7 Å². The van der Waals surface area contributed by atoms with Crippen molar-refractivity contribution in [2.75, 3.05) is 40.3 Å². The molecular formula is C11H25N3O3S. The van der Waals surface area contributed by atoms with Crippen LogP contribution in [0.3, 0.4) is 0 Å². The summed E-state index contributed by atoms with van der Waals surface area (Å²) in [6, 6.07) is 0.254. The van der Waals surface area contributed by atoms with Crippen LogP contribution in [-0.2, 0) is 10.2 Å². The van der Waals surface area contributed by atoms with E-state index in [0.717, 1.165) is 25.9 Å². The van der Waals surface area contributed by atoms with Gasteiger partial charge in [0, 0.05) is 26.7 Å². The van der Waals surface area contributed by atoms with Crippen LogP contribution >= 0.6 is 0 Å². The van der Waals surface area contributed by atoms with Gasteiger partial charge in [0.2, 0.25) is 0 Å². The van der Waals surface area contributed by atoms with Crippen LogP contribution in [0.1, 0.15) is 25.7 Å². The Morgan fingerprint density at radius 2 is 2.11 bits per heavy atom. The van der Waals surface area contributed by atoms with Gasteiger partial charge in [0.25, 0.3) is 10.2 Å². The number of likely N-dealkylation sites (tertiary alicyclic amines) is 1. The van der Waals surface area contributed by atoms with E-state index in [-0.39, 0.29) is 12.6 Å². The molecule has 1 aliphatic heterocycles. The smallest absolute Gasteiger partial charge is 0.278 e. The van der Waals surface area contributed by atoms with Gasteiger partial charge in [-0.3, -0.25) is 4.90 Å². The van der Waals surface area contributed by atoms with Crippen molar-refractivity contribution in [2.24, 2.45) is 0 Å². The Hall–Kier alpha value is -0.210. The van der Waals surface area contributed by atoms with Gasteiger partial charge in [0.05, 0.1) is 6.61 Å². The normalized spacial score (nSPS) is 22.6. The monoisotopic (exact) mass is 279 g/mol. The highest BCUT2D eigenvalue weighted by molar-refractivity contribution is 7.87. The quantitative estimate of drug-likeness (QED) is 0.623. The Morgan fingerprint density at radius 3 is 2.72 bits per heavy atom. The molecule has 0 aromatic carbocycles. The van der Waals surface area contributed by atoms with Crippen LogP contribution in [0, 0.1) is 0 Å². The summed E-state index contributed by atoms with van der Waals surface area (Å²) in [6.45, 7) is 2.48. The van der Waals surface area contributed by atoms with Crippen molar-refractivity contribution in [3.8, 4) is 0 Å². The summed E-state index contributed by atoms with van der Waals surface area (Å²) in [5.41, 5.74) is 0. The second-order valence-electron chi connectivity index (χ2n) is 4.90. The molecule has 1 unspecified atom stereocenters. The Morgan fingerprint density at radius 1 is 1.39 bits per heavy atom. The van der Waals surface area contributed by atoms with Gasteiger partial charge >= 0.3 is 0 Å². The number of piperidine rings is 1. The maximum Gasteiger partial charge on any atom is 0.278 e. The minimum Gasteiger partial charge on any atom is -0.395 e. The number of aliphatic hydroxyl groups excluding tert-OH is 1. The van der Waals surface area contributed by atoms with Crippen molar-refractivity contribution in [1.82, 2.24) is 13.9 Å². The molecule has 0 saturated carbocycles. The fourth-order valence-electron chi connectivity index (χ4n) is 2.17. The number of nitrogens with zero attached hydrogens (tertiary/aromatic N) is 2. The first-order valence-corrected chi connectivity index (χ1v) is 7.93. The standard InChI is InChI=1S/C11H25N3O3S/c1-13(2)18(16,17)12-7-5-9-14-8-4-3-6-11(14)10-15/h11-12,15H,3-10H2,1-2H3. The Bertz CT molecular complexity index is 332. The summed E-state index contributed by atoms with van der Waals surface area (Å²) >= 11 is 0. The fraction of sp³-hybridized carbons (Fsp3) is 1.00. The predicted molar refractivity (Wildman–Crippen MR) is 71.5 cm³/mol. The van der Waals surface area contributed by atoms with Crippen LogP contribution in [0.15, 0.2) is 0 Å². The molecule has 0 aliphatic carbocycles. The lowest BCUT2D eigenvalue weighted by atomic mass is 10.0. The van der Waals surface area contributed by atoms with Crippen LogP contribution in [0.4, 0.5) is 0 Å². The van der Waals surface area contributed by atoms with Gasteiger partial charge in [-0.05, 0) is 32.4 Å². The highest BCUT2D eigenvalue weighted by atomic mass is 32.2. The number of aliphatic hydroxyl groups is 1. The first kappa shape index (κ1) is 15.8. The van der Waals surface area contributed by atoms with E-state index in [1.54, 1.807) is 0 Å². The Labute approximate surface area is 110 Å². The predicted octanol–water partition coefficient (Wildman–Crippen LogP) is -0.381. The second kappa shape index (κ2) is 7.40. The molecule has 0 bridgehead atoms. The number of nitrogens with one attached hydrogen (secondary N) is 1. The summed E-state index contributed by atoms with van der Waals surface area (Å²) < 4.78 is 26.6. The molecule has 0 spiro atoms. The Balaban J connectivity index is 2.25. The molecule has 0 aromatic rings. The minimum atomic E-state index is -3.30. The third kappa shape index (κ3) is 4.81. The summed E-state index contributed by atoms with van der Waals surface area (Å²) in [5.74, 6) is 0. The SMILES string of the molecule is CN(C)S(=O)(=O)NCCCN1CCCCC1CO. The second-order valence-corrected chi connectivity index (χ2v) is 6.87. The zero-order valence-corrected chi connectivity index (χ0v) is 12.1. The lowest BCUT2D eigenvalue weighted by molar-refractivity contribution is 0.0896. The van der Waals surface area contributed by atoms with E-state index < -0.39 is 10.2 Å². The zero-order chi connectivity index (χ0) is 13.6.